The number of carbonyl (C=O) groups is 2. The van der Waals surface area contributed by atoms with Gasteiger partial charge in [0, 0.05) is 18.2 Å². The zero-order valence-corrected chi connectivity index (χ0v) is 14.9. The van der Waals surface area contributed by atoms with Crippen LogP contribution >= 0.6 is 0 Å². The van der Waals surface area contributed by atoms with Gasteiger partial charge in [-0.1, -0.05) is 47.6 Å². The minimum absolute atomic E-state index is 0.0319. The van der Waals surface area contributed by atoms with Crippen molar-refractivity contribution in [2.24, 2.45) is 10.9 Å². The Morgan fingerprint density at radius 2 is 1.81 bits per heavy atom. The van der Waals surface area contributed by atoms with Gasteiger partial charge in [0.05, 0.1) is 0 Å². The van der Waals surface area contributed by atoms with Crippen LogP contribution in [0.15, 0.2) is 53.7 Å². The maximum atomic E-state index is 14.5. The molecule has 3 N–H and O–H groups in total. The van der Waals surface area contributed by atoms with Gasteiger partial charge in [-0.3, -0.25) is 4.79 Å². The van der Waals surface area contributed by atoms with E-state index in [0.29, 0.717) is 11.1 Å². The molecule has 27 heavy (non-hydrogen) atoms. The van der Waals surface area contributed by atoms with Crippen LogP contribution in [-0.2, 0) is 26.6 Å². The van der Waals surface area contributed by atoms with Gasteiger partial charge < -0.3 is 20.6 Å². The van der Waals surface area contributed by atoms with Gasteiger partial charge in [0.25, 0.3) is 5.91 Å². The topological polar surface area (TPSA) is 103 Å². The predicted octanol–water partition coefficient (Wildman–Crippen LogP) is 2.43. The number of nitrogens with zero attached hydrogens (tertiary/aromatic N) is 1. The molecule has 2 aromatic carbocycles. The summed E-state index contributed by atoms with van der Waals surface area (Å²) in [6.45, 7) is 1.51. The van der Waals surface area contributed by atoms with Crippen LogP contribution in [0.1, 0.15) is 23.6 Å². The Bertz CT molecular complexity index is 856. The summed E-state index contributed by atoms with van der Waals surface area (Å²) in [4.78, 5) is 27.8. The SMILES string of the molecule is CNC(=O)C=NOCc1ccccc1C(C)(OC(N)=O)c1ccccc1F. The summed E-state index contributed by atoms with van der Waals surface area (Å²) in [5.41, 5.74) is 4.96. The largest absolute Gasteiger partial charge is 0.433 e. The molecule has 2 rings (SSSR count). The molecule has 0 aliphatic rings. The van der Waals surface area contributed by atoms with Crippen LogP contribution in [0.5, 0.6) is 0 Å². The van der Waals surface area contributed by atoms with Gasteiger partial charge in [0.1, 0.15) is 18.6 Å². The Balaban J connectivity index is 2.42. The Morgan fingerprint density at radius 1 is 1.19 bits per heavy atom. The fourth-order valence-corrected chi connectivity index (χ4v) is 2.67. The third-order valence-corrected chi connectivity index (χ3v) is 3.93. The normalized spacial score (nSPS) is 13.0. The predicted molar refractivity (Wildman–Crippen MR) is 97.3 cm³/mol. The van der Waals surface area contributed by atoms with Crippen LogP contribution in [-0.4, -0.2) is 25.3 Å². The van der Waals surface area contributed by atoms with E-state index in [4.69, 9.17) is 15.3 Å². The molecular weight excluding hydrogens is 353 g/mol. The van der Waals surface area contributed by atoms with Gasteiger partial charge in [-0.05, 0) is 18.6 Å². The van der Waals surface area contributed by atoms with Crippen molar-refractivity contribution in [2.45, 2.75) is 19.1 Å². The van der Waals surface area contributed by atoms with Crippen molar-refractivity contribution in [3.63, 3.8) is 0 Å². The number of hydrogen-bond acceptors (Lipinski definition) is 5. The maximum Gasteiger partial charge on any atom is 0.405 e. The fraction of sp³-hybridized carbons (Fsp3) is 0.211. The van der Waals surface area contributed by atoms with Crippen molar-refractivity contribution in [1.82, 2.24) is 5.32 Å². The molecule has 0 aromatic heterocycles. The zero-order valence-electron chi connectivity index (χ0n) is 14.9. The molecule has 2 aromatic rings. The molecular formula is C19H20FN3O4. The summed E-state index contributed by atoms with van der Waals surface area (Å²) in [5, 5.41) is 5.94. The van der Waals surface area contributed by atoms with Crippen LogP contribution in [0.3, 0.4) is 0 Å². The van der Waals surface area contributed by atoms with Gasteiger partial charge >= 0.3 is 6.09 Å². The maximum absolute atomic E-state index is 14.5. The number of halogens is 1. The van der Waals surface area contributed by atoms with E-state index < -0.39 is 23.4 Å². The summed E-state index contributed by atoms with van der Waals surface area (Å²) in [6, 6.07) is 12.8. The second-order valence-corrected chi connectivity index (χ2v) is 5.71. The molecule has 1 unspecified atom stereocenters. The van der Waals surface area contributed by atoms with Crippen molar-refractivity contribution >= 4 is 18.2 Å². The quantitative estimate of drug-likeness (QED) is 0.575. The highest BCUT2D eigenvalue weighted by molar-refractivity contribution is 6.25. The first kappa shape index (κ1) is 19.9. The van der Waals surface area contributed by atoms with Crippen LogP contribution in [0.25, 0.3) is 0 Å². The summed E-state index contributed by atoms with van der Waals surface area (Å²) in [7, 11) is 1.46. The smallest absolute Gasteiger partial charge is 0.405 e. The lowest BCUT2D eigenvalue weighted by Gasteiger charge is -2.31. The van der Waals surface area contributed by atoms with Crippen LogP contribution < -0.4 is 11.1 Å². The van der Waals surface area contributed by atoms with Crippen LogP contribution in [0, 0.1) is 5.82 Å². The Kier molecular flexibility index (Phi) is 6.48. The number of amides is 2. The first-order valence-corrected chi connectivity index (χ1v) is 8.07. The van der Waals surface area contributed by atoms with Gasteiger partial charge in [-0.2, -0.15) is 0 Å². The molecule has 1 atom stereocenters. The molecule has 0 bridgehead atoms. The molecule has 0 fully saturated rings. The number of ether oxygens (including phenoxy) is 1. The number of oxime groups is 1. The average molecular weight is 373 g/mol. The number of primary amides is 1. The van der Waals surface area contributed by atoms with Gasteiger partial charge in [0.15, 0.2) is 5.60 Å². The summed E-state index contributed by atoms with van der Waals surface area (Å²) in [5.74, 6) is -0.967. The van der Waals surface area contributed by atoms with Crippen molar-refractivity contribution in [2.75, 3.05) is 7.05 Å². The molecule has 2 amide bonds. The molecule has 0 saturated carbocycles. The van der Waals surface area contributed by atoms with E-state index in [2.05, 4.69) is 10.5 Å². The summed E-state index contributed by atoms with van der Waals surface area (Å²) in [6.07, 6.45) is -0.0624. The third kappa shape index (κ3) is 4.81. The highest BCUT2D eigenvalue weighted by Crippen LogP contribution is 2.37. The first-order valence-electron chi connectivity index (χ1n) is 8.07. The van der Waals surface area contributed by atoms with E-state index in [1.54, 1.807) is 37.3 Å². The second kappa shape index (κ2) is 8.79. The highest BCUT2D eigenvalue weighted by atomic mass is 19.1. The highest BCUT2D eigenvalue weighted by Gasteiger charge is 2.37. The first-order chi connectivity index (χ1) is 12.9. The lowest BCUT2D eigenvalue weighted by molar-refractivity contribution is -0.114. The second-order valence-electron chi connectivity index (χ2n) is 5.71. The van der Waals surface area contributed by atoms with Crippen LogP contribution in [0.2, 0.25) is 0 Å². The van der Waals surface area contributed by atoms with Crippen molar-refractivity contribution < 1.29 is 23.6 Å². The monoisotopic (exact) mass is 373 g/mol. The summed E-state index contributed by atoms with van der Waals surface area (Å²) < 4.78 is 19.8. The molecule has 8 heteroatoms. The van der Waals surface area contributed by atoms with Gasteiger partial charge in [0.2, 0.25) is 0 Å². The van der Waals surface area contributed by atoms with E-state index in [1.807, 2.05) is 0 Å². The van der Waals surface area contributed by atoms with E-state index in [-0.39, 0.29) is 12.2 Å². The zero-order chi connectivity index (χ0) is 19.9. The number of nitrogens with two attached hydrogens (primary N) is 1. The number of nitrogens with one attached hydrogen (secondary N) is 1. The molecule has 0 heterocycles. The minimum Gasteiger partial charge on any atom is -0.433 e. The Morgan fingerprint density at radius 3 is 2.44 bits per heavy atom. The van der Waals surface area contributed by atoms with Crippen molar-refractivity contribution in [1.29, 1.82) is 0 Å². The molecule has 0 spiro atoms. The number of rotatable bonds is 7. The molecule has 0 aliphatic carbocycles. The average Bonchev–Trinajstić information content (AvgIpc) is 2.65. The molecule has 142 valence electrons. The lowest BCUT2D eigenvalue weighted by atomic mass is 9.84. The Labute approximate surface area is 155 Å². The van der Waals surface area contributed by atoms with Gasteiger partial charge in [-0.25, -0.2) is 9.18 Å². The van der Waals surface area contributed by atoms with E-state index in [1.165, 1.54) is 25.2 Å². The standard InChI is InChI=1S/C19H20FN3O4/c1-19(27-18(21)25,15-9-5-6-10-16(15)20)14-8-4-3-7-13(14)12-26-23-11-17(24)22-2/h3-11H,12H2,1-2H3,(H2,21,25)(H,22,24). The molecule has 0 saturated heterocycles. The summed E-state index contributed by atoms with van der Waals surface area (Å²) >= 11 is 0. The third-order valence-electron chi connectivity index (χ3n) is 3.93. The molecule has 7 nitrogen and oxygen atoms in total. The Hall–Kier alpha value is -3.42. The minimum atomic E-state index is -1.48. The number of benzene rings is 2. The van der Waals surface area contributed by atoms with E-state index in [9.17, 15) is 14.0 Å². The van der Waals surface area contributed by atoms with Gasteiger partial charge in [-0.15, -0.1) is 0 Å². The van der Waals surface area contributed by atoms with Crippen molar-refractivity contribution in [3.05, 3.63) is 71.0 Å². The lowest BCUT2D eigenvalue weighted by Crippen LogP contribution is -2.35. The molecule has 0 radical (unpaired) electrons. The number of carbonyl (C=O) groups excluding carboxylic acids is 2. The number of hydrogen-bond donors (Lipinski definition) is 2. The van der Waals surface area contributed by atoms with Crippen molar-refractivity contribution in [3.8, 4) is 0 Å². The van der Waals surface area contributed by atoms with E-state index >= 15 is 0 Å². The van der Waals surface area contributed by atoms with E-state index in [0.717, 1.165) is 6.21 Å². The fourth-order valence-electron chi connectivity index (χ4n) is 2.67. The molecule has 0 aliphatic heterocycles. The van der Waals surface area contributed by atoms with Crippen LogP contribution in [0.4, 0.5) is 9.18 Å².